The van der Waals surface area contributed by atoms with Gasteiger partial charge < -0.3 is 10.0 Å². The minimum atomic E-state index is -0.899. The maximum Gasteiger partial charge on any atom is 0.326 e. The van der Waals surface area contributed by atoms with Crippen LogP contribution in [0.2, 0.25) is 0 Å². The highest BCUT2D eigenvalue weighted by Crippen LogP contribution is 2.12. The lowest BCUT2D eigenvalue weighted by molar-refractivity contribution is -0.138. The molecule has 0 aromatic carbocycles. The van der Waals surface area contributed by atoms with Crippen LogP contribution in [0.4, 0.5) is 5.82 Å². The van der Waals surface area contributed by atoms with Crippen LogP contribution in [-0.4, -0.2) is 44.0 Å². The first kappa shape index (κ1) is 11.3. The average Bonchev–Trinajstić information content (AvgIpc) is 2.65. The van der Waals surface area contributed by atoms with Gasteiger partial charge in [-0.15, -0.1) is 14.8 Å². The molecule has 7 nitrogen and oxygen atoms in total. The van der Waals surface area contributed by atoms with E-state index in [-0.39, 0.29) is 0 Å². The highest BCUT2D eigenvalue weighted by molar-refractivity contribution is 5.76. The summed E-state index contributed by atoms with van der Waals surface area (Å²) in [7, 11) is 1.68. The summed E-state index contributed by atoms with van der Waals surface area (Å²) in [5.74, 6) is 0.269. The van der Waals surface area contributed by atoms with Crippen molar-refractivity contribution in [3.63, 3.8) is 0 Å². The van der Waals surface area contributed by atoms with Crippen molar-refractivity contribution in [1.29, 1.82) is 0 Å². The minimum Gasteiger partial charge on any atom is -0.480 e. The number of anilines is 1. The lowest BCUT2D eigenvalue weighted by Crippen LogP contribution is -2.36. The molecule has 1 atom stereocenters. The van der Waals surface area contributed by atoms with Crippen LogP contribution in [0.1, 0.15) is 12.7 Å². The Morgan fingerprint density at radius 2 is 2.18 bits per heavy atom. The summed E-state index contributed by atoms with van der Waals surface area (Å²) in [5, 5.41) is 17.2. The minimum absolute atomic E-state index is 0.539. The Labute approximate surface area is 97.7 Å². The number of hydrogen-bond donors (Lipinski definition) is 1. The van der Waals surface area contributed by atoms with Crippen LogP contribution in [0.25, 0.3) is 5.65 Å². The quantitative estimate of drug-likeness (QED) is 0.826. The van der Waals surface area contributed by atoms with E-state index in [0.29, 0.717) is 17.3 Å². The molecular weight excluding hydrogens is 222 g/mol. The molecule has 0 bridgehead atoms. The van der Waals surface area contributed by atoms with Gasteiger partial charge in [-0.05, 0) is 26.0 Å². The lowest BCUT2D eigenvalue weighted by atomic mass is 10.3. The first-order chi connectivity index (χ1) is 7.99. The zero-order valence-electron chi connectivity index (χ0n) is 9.82. The molecule has 7 heteroatoms. The number of aryl methyl sites for hydroxylation is 1. The Morgan fingerprint density at radius 1 is 1.47 bits per heavy atom. The Morgan fingerprint density at radius 3 is 2.82 bits per heavy atom. The van der Waals surface area contributed by atoms with Crippen molar-refractivity contribution in [2.75, 3.05) is 11.9 Å². The molecule has 2 aromatic heterocycles. The summed E-state index contributed by atoms with van der Waals surface area (Å²) in [4.78, 5) is 16.6. The van der Waals surface area contributed by atoms with Crippen LogP contribution in [-0.2, 0) is 4.79 Å². The summed E-state index contributed by atoms with van der Waals surface area (Å²) in [6.07, 6.45) is 0. The highest BCUT2D eigenvalue weighted by atomic mass is 16.4. The third-order valence-corrected chi connectivity index (χ3v) is 2.60. The molecule has 0 spiro atoms. The van der Waals surface area contributed by atoms with Crippen LogP contribution >= 0.6 is 0 Å². The zero-order valence-corrected chi connectivity index (χ0v) is 9.82. The van der Waals surface area contributed by atoms with Crippen molar-refractivity contribution in [3.05, 3.63) is 18.0 Å². The van der Waals surface area contributed by atoms with E-state index in [1.165, 1.54) is 4.63 Å². The molecule has 0 saturated carbocycles. The van der Waals surface area contributed by atoms with Gasteiger partial charge in [-0.3, -0.25) is 0 Å². The van der Waals surface area contributed by atoms with Gasteiger partial charge in [0.1, 0.15) is 11.9 Å². The second-order valence-corrected chi connectivity index (χ2v) is 3.82. The number of hydrogen-bond acceptors (Lipinski definition) is 5. The van der Waals surface area contributed by atoms with Gasteiger partial charge in [-0.1, -0.05) is 0 Å². The van der Waals surface area contributed by atoms with Crippen molar-refractivity contribution < 1.29 is 9.90 Å². The maximum atomic E-state index is 10.9. The van der Waals surface area contributed by atoms with E-state index in [4.69, 9.17) is 5.11 Å². The first-order valence-corrected chi connectivity index (χ1v) is 5.15. The smallest absolute Gasteiger partial charge is 0.326 e. The number of aliphatic carboxylic acids is 1. The van der Waals surface area contributed by atoms with Crippen LogP contribution in [0.15, 0.2) is 12.1 Å². The maximum absolute atomic E-state index is 10.9. The standard InChI is InChI=1S/C10H13N5O2/c1-6(10(16)17)14(3)9-5-4-8-11-7(2)12-15(8)13-9/h4-6H,1-3H3,(H,16,17). The van der Waals surface area contributed by atoms with Gasteiger partial charge in [0, 0.05) is 7.05 Å². The molecular formula is C10H13N5O2. The Hall–Kier alpha value is -2.18. The van der Waals surface area contributed by atoms with E-state index in [1.807, 2.05) is 0 Å². The molecule has 1 N–H and O–H groups in total. The van der Waals surface area contributed by atoms with Gasteiger partial charge in [0.25, 0.3) is 0 Å². The van der Waals surface area contributed by atoms with Crippen molar-refractivity contribution in [2.24, 2.45) is 0 Å². The number of aromatic nitrogens is 4. The molecule has 0 aliphatic carbocycles. The first-order valence-electron chi connectivity index (χ1n) is 5.15. The van der Waals surface area contributed by atoms with Gasteiger partial charge in [0.15, 0.2) is 11.5 Å². The normalized spacial score (nSPS) is 12.6. The van der Waals surface area contributed by atoms with E-state index >= 15 is 0 Å². The van der Waals surface area contributed by atoms with Crippen LogP contribution in [0.3, 0.4) is 0 Å². The molecule has 0 saturated heterocycles. The Balaban J connectivity index is 2.38. The number of rotatable bonds is 3. The number of likely N-dealkylation sites (N-methyl/N-ethyl adjacent to an activating group) is 1. The lowest BCUT2D eigenvalue weighted by Gasteiger charge is -2.21. The summed E-state index contributed by atoms with van der Waals surface area (Å²) >= 11 is 0. The molecule has 2 aromatic rings. The molecule has 1 unspecified atom stereocenters. The Bertz CT molecular complexity index is 565. The largest absolute Gasteiger partial charge is 0.480 e. The van der Waals surface area contributed by atoms with Crippen molar-refractivity contribution in [3.8, 4) is 0 Å². The number of carboxylic acid groups (broad SMARTS) is 1. The molecule has 0 fully saturated rings. The second kappa shape index (κ2) is 4.00. The number of carboxylic acids is 1. The summed E-state index contributed by atoms with van der Waals surface area (Å²) < 4.78 is 1.40. The van der Waals surface area contributed by atoms with Crippen molar-refractivity contribution >= 4 is 17.4 Å². The molecule has 90 valence electrons. The van der Waals surface area contributed by atoms with Crippen molar-refractivity contribution in [2.45, 2.75) is 19.9 Å². The van der Waals surface area contributed by atoms with Crippen LogP contribution in [0, 0.1) is 6.92 Å². The third-order valence-electron chi connectivity index (χ3n) is 2.60. The van der Waals surface area contributed by atoms with E-state index in [1.54, 1.807) is 37.9 Å². The molecule has 17 heavy (non-hydrogen) atoms. The molecule has 0 aliphatic heterocycles. The van der Waals surface area contributed by atoms with Gasteiger partial charge >= 0.3 is 5.97 Å². The summed E-state index contributed by atoms with van der Waals surface area (Å²) in [6.45, 7) is 3.37. The van der Waals surface area contributed by atoms with Crippen LogP contribution < -0.4 is 4.90 Å². The monoisotopic (exact) mass is 235 g/mol. The Kier molecular flexibility index (Phi) is 2.66. The third kappa shape index (κ3) is 2.03. The highest BCUT2D eigenvalue weighted by Gasteiger charge is 2.18. The predicted molar refractivity (Wildman–Crippen MR) is 61.0 cm³/mol. The van der Waals surface area contributed by atoms with Crippen molar-refractivity contribution in [1.82, 2.24) is 19.8 Å². The number of fused-ring (bicyclic) bond motifs is 1. The van der Waals surface area contributed by atoms with E-state index in [0.717, 1.165) is 0 Å². The van der Waals surface area contributed by atoms with Gasteiger partial charge in [0.2, 0.25) is 0 Å². The van der Waals surface area contributed by atoms with E-state index in [9.17, 15) is 4.79 Å². The summed E-state index contributed by atoms with van der Waals surface area (Å²) in [6, 6.07) is 2.83. The van der Waals surface area contributed by atoms with Gasteiger partial charge in [-0.2, -0.15) is 0 Å². The predicted octanol–water partition coefficient (Wildman–Crippen LogP) is 0.342. The van der Waals surface area contributed by atoms with Gasteiger partial charge in [0.05, 0.1) is 0 Å². The topological polar surface area (TPSA) is 83.6 Å². The second-order valence-electron chi connectivity index (χ2n) is 3.82. The zero-order chi connectivity index (χ0) is 12.6. The number of nitrogens with zero attached hydrogens (tertiary/aromatic N) is 5. The molecule has 2 heterocycles. The average molecular weight is 235 g/mol. The molecule has 2 rings (SSSR count). The molecule has 0 aliphatic rings. The number of carbonyl (C=O) groups is 1. The fourth-order valence-electron chi connectivity index (χ4n) is 1.43. The fourth-order valence-corrected chi connectivity index (χ4v) is 1.43. The fraction of sp³-hybridized carbons (Fsp3) is 0.400. The van der Waals surface area contributed by atoms with Crippen LogP contribution in [0.5, 0.6) is 0 Å². The summed E-state index contributed by atoms with van der Waals surface area (Å²) in [5.41, 5.74) is 0.641. The molecule has 0 radical (unpaired) electrons. The SMILES string of the molecule is Cc1nc2ccc(N(C)C(C)C(=O)O)nn2n1. The molecule has 0 amide bonds. The van der Waals surface area contributed by atoms with E-state index in [2.05, 4.69) is 15.2 Å². The van der Waals surface area contributed by atoms with Gasteiger partial charge in [-0.25, -0.2) is 9.78 Å². The van der Waals surface area contributed by atoms with E-state index < -0.39 is 12.0 Å².